The third-order valence-electron chi connectivity index (χ3n) is 6.92. The smallest absolute Gasteiger partial charge is 0.252 e. The lowest BCUT2D eigenvalue weighted by atomic mass is 9.94. The first-order valence-electron chi connectivity index (χ1n) is 13.4. The summed E-state index contributed by atoms with van der Waals surface area (Å²) < 4.78 is 10.7. The number of aromatic nitrogens is 2. The number of rotatable bonds is 4. The van der Waals surface area contributed by atoms with Crippen LogP contribution in [0.25, 0.3) is 33.0 Å². The van der Waals surface area contributed by atoms with Gasteiger partial charge in [0.2, 0.25) is 0 Å². The largest absolute Gasteiger partial charge is 0.375 e. The molecule has 4 bridgehead atoms. The molecule has 200 valence electrons. The van der Waals surface area contributed by atoms with Gasteiger partial charge in [0.25, 0.3) is 5.91 Å². The predicted molar refractivity (Wildman–Crippen MR) is 155 cm³/mol. The molecule has 0 radical (unpaired) electrons. The second-order valence-corrected chi connectivity index (χ2v) is 9.54. The number of aryl methyl sites for hydroxylation is 1. The summed E-state index contributed by atoms with van der Waals surface area (Å²) in [5.74, 6) is -0.286. The molecule has 1 atom stereocenters. The molecule has 5 rings (SSSR count). The van der Waals surface area contributed by atoms with Crippen molar-refractivity contribution in [3.8, 4) is 0 Å². The van der Waals surface area contributed by atoms with Crippen molar-refractivity contribution in [2.75, 3.05) is 34.3 Å². The predicted octanol–water partition coefficient (Wildman–Crippen LogP) is 4.83. The highest BCUT2D eigenvalue weighted by Gasteiger charge is 2.25. The zero-order valence-electron chi connectivity index (χ0n) is 23.0. The Balaban J connectivity index is 0.00000164. The number of fused-ring (bicyclic) bond motifs is 10. The SMILES string of the molecule is CC.CNC(=O)/C1=C(\C=O)c2cn(c3ccccc23)CCC(CN(C)C)OCCn2cc1c1ccccc12. The highest BCUT2D eigenvalue weighted by molar-refractivity contribution is 6.38. The molecule has 0 saturated carbocycles. The third-order valence-corrected chi connectivity index (χ3v) is 6.92. The van der Waals surface area contributed by atoms with E-state index in [0.29, 0.717) is 24.3 Å². The first kappa shape index (κ1) is 27.4. The van der Waals surface area contributed by atoms with Crippen molar-refractivity contribution < 1.29 is 14.3 Å². The summed E-state index contributed by atoms with van der Waals surface area (Å²) in [4.78, 5) is 28.2. The lowest BCUT2D eigenvalue weighted by Gasteiger charge is -2.22. The lowest BCUT2D eigenvalue weighted by molar-refractivity contribution is -0.115. The maximum absolute atomic E-state index is 13.3. The number of hydrogen-bond donors (Lipinski definition) is 1. The minimum atomic E-state index is -0.286. The molecule has 1 aliphatic rings. The topological polar surface area (TPSA) is 68.5 Å². The number of para-hydroxylation sites is 2. The van der Waals surface area contributed by atoms with Gasteiger partial charge in [-0.2, -0.15) is 0 Å². The number of likely N-dealkylation sites (N-methyl/N-ethyl adjacent to an activating group) is 2. The van der Waals surface area contributed by atoms with E-state index in [0.717, 1.165) is 58.7 Å². The van der Waals surface area contributed by atoms with E-state index in [1.165, 1.54) is 0 Å². The number of nitrogens with zero attached hydrogens (tertiary/aromatic N) is 3. The Bertz CT molecular complexity index is 1460. The molecule has 1 amide bonds. The van der Waals surface area contributed by atoms with E-state index in [-0.39, 0.29) is 12.0 Å². The van der Waals surface area contributed by atoms with Crippen LogP contribution in [0, 0.1) is 0 Å². The van der Waals surface area contributed by atoms with E-state index in [1.54, 1.807) is 7.05 Å². The van der Waals surface area contributed by atoms with Crippen LogP contribution in [0.4, 0.5) is 0 Å². The Morgan fingerprint density at radius 2 is 1.55 bits per heavy atom. The highest BCUT2D eigenvalue weighted by atomic mass is 16.5. The Hall–Kier alpha value is -3.68. The Kier molecular flexibility index (Phi) is 8.81. The van der Waals surface area contributed by atoms with Crippen LogP contribution in [0.1, 0.15) is 31.4 Å². The monoisotopic (exact) mass is 514 g/mol. The number of benzene rings is 2. The number of hydrogen-bond acceptors (Lipinski definition) is 4. The second kappa shape index (κ2) is 12.2. The van der Waals surface area contributed by atoms with E-state index >= 15 is 0 Å². The maximum atomic E-state index is 13.3. The van der Waals surface area contributed by atoms with Crippen LogP contribution in [-0.2, 0) is 27.4 Å². The van der Waals surface area contributed by atoms with Crippen LogP contribution in [0.15, 0.2) is 60.9 Å². The average molecular weight is 515 g/mol. The number of ether oxygens (including phenoxy) is 1. The van der Waals surface area contributed by atoms with Crippen LogP contribution in [-0.4, -0.2) is 66.6 Å². The summed E-state index contributed by atoms with van der Waals surface area (Å²) in [6.45, 7) is 6.76. The van der Waals surface area contributed by atoms with E-state index in [2.05, 4.69) is 39.5 Å². The Morgan fingerprint density at radius 3 is 2.16 bits per heavy atom. The number of carbonyl (C=O) groups is 2. The zero-order valence-corrected chi connectivity index (χ0v) is 23.0. The van der Waals surface area contributed by atoms with Crippen molar-refractivity contribution in [3.63, 3.8) is 0 Å². The van der Waals surface area contributed by atoms with Crippen molar-refractivity contribution >= 4 is 45.1 Å². The number of aldehydes is 1. The fourth-order valence-corrected chi connectivity index (χ4v) is 5.28. The summed E-state index contributed by atoms with van der Waals surface area (Å²) in [7, 11) is 5.72. The molecule has 1 unspecified atom stereocenters. The number of amides is 1. The average Bonchev–Trinajstić information content (AvgIpc) is 3.49. The van der Waals surface area contributed by atoms with Crippen LogP contribution in [0.5, 0.6) is 0 Å². The molecule has 2 aromatic heterocycles. The van der Waals surface area contributed by atoms with Crippen molar-refractivity contribution in [2.45, 2.75) is 39.5 Å². The number of nitrogens with one attached hydrogen (secondary N) is 1. The minimum Gasteiger partial charge on any atom is -0.375 e. The lowest BCUT2D eigenvalue weighted by Crippen LogP contribution is -2.30. The molecule has 7 heteroatoms. The molecule has 1 aliphatic heterocycles. The van der Waals surface area contributed by atoms with Crippen molar-refractivity contribution in [1.82, 2.24) is 19.4 Å². The van der Waals surface area contributed by atoms with E-state index in [4.69, 9.17) is 4.74 Å². The van der Waals surface area contributed by atoms with Gasteiger partial charge in [-0.3, -0.25) is 9.59 Å². The van der Waals surface area contributed by atoms with Gasteiger partial charge >= 0.3 is 0 Å². The van der Waals surface area contributed by atoms with Gasteiger partial charge in [-0.25, -0.2) is 0 Å². The number of allylic oxidation sites excluding steroid dienone is 1. The molecule has 0 spiro atoms. The fraction of sp³-hybridized carbons (Fsp3) is 0.355. The molecule has 38 heavy (non-hydrogen) atoms. The second-order valence-electron chi connectivity index (χ2n) is 9.54. The molecule has 0 saturated heterocycles. The molecule has 0 aliphatic carbocycles. The quantitative estimate of drug-likeness (QED) is 0.396. The number of carbonyl (C=O) groups excluding carboxylic acids is 2. The van der Waals surface area contributed by atoms with Crippen LogP contribution >= 0.6 is 0 Å². The zero-order chi connectivity index (χ0) is 27.2. The summed E-state index contributed by atoms with van der Waals surface area (Å²) in [6.07, 6.45) is 5.71. The molecule has 1 N–H and O–H groups in total. The molecular formula is C31H38N4O3. The van der Waals surface area contributed by atoms with Crippen LogP contribution < -0.4 is 5.32 Å². The molecule has 7 nitrogen and oxygen atoms in total. The minimum absolute atomic E-state index is 0.0661. The standard InChI is InChI=1S/C29H32N4O3.C2H6/c1-30-29(35)28-24-18-33(27-11-7-5-9-22(24)27)14-15-36-20(16-31(2)3)12-13-32-17-23(25(28)19-34)21-8-4-6-10-26(21)32;1-2/h4-11,17-20H,12-16H2,1-3H3,(H,30,35);1-2H3/b28-25+;. The van der Waals surface area contributed by atoms with Gasteiger partial charge in [-0.15, -0.1) is 0 Å². The van der Waals surface area contributed by atoms with Gasteiger partial charge in [0.15, 0.2) is 6.29 Å². The maximum Gasteiger partial charge on any atom is 0.252 e. The van der Waals surface area contributed by atoms with Gasteiger partial charge in [0.05, 0.1) is 18.3 Å². The first-order chi connectivity index (χ1) is 18.5. The van der Waals surface area contributed by atoms with Gasteiger partial charge in [0, 0.05) is 77.6 Å². The first-order valence-corrected chi connectivity index (χ1v) is 13.4. The van der Waals surface area contributed by atoms with Gasteiger partial charge in [0.1, 0.15) is 0 Å². The van der Waals surface area contributed by atoms with E-state index < -0.39 is 0 Å². The van der Waals surface area contributed by atoms with Crippen LogP contribution in [0.2, 0.25) is 0 Å². The van der Waals surface area contributed by atoms with Gasteiger partial charge < -0.3 is 24.1 Å². The van der Waals surface area contributed by atoms with Crippen molar-refractivity contribution in [3.05, 3.63) is 72.1 Å². The van der Waals surface area contributed by atoms with E-state index in [9.17, 15) is 9.59 Å². The van der Waals surface area contributed by atoms with Crippen LogP contribution in [0.3, 0.4) is 0 Å². The Morgan fingerprint density at radius 1 is 0.974 bits per heavy atom. The van der Waals surface area contributed by atoms with Gasteiger partial charge in [-0.1, -0.05) is 50.2 Å². The highest BCUT2D eigenvalue weighted by Crippen LogP contribution is 2.36. The van der Waals surface area contributed by atoms with Crippen molar-refractivity contribution in [1.29, 1.82) is 0 Å². The molecule has 4 aromatic rings. The molecule has 0 fully saturated rings. The normalized spacial score (nSPS) is 18.1. The Labute approximate surface area is 224 Å². The third kappa shape index (κ3) is 5.30. The summed E-state index contributed by atoms with van der Waals surface area (Å²) in [6, 6.07) is 16.0. The van der Waals surface area contributed by atoms with Gasteiger partial charge in [-0.05, 0) is 32.6 Å². The summed E-state index contributed by atoms with van der Waals surface area (Å²) >= 11 is 0. The fourth-order valence-electron chi connectivity index (χ4n) is 5.28. The van der Waals surface area contributed by atoms with Crippen molar-refractivity contribution in [2.24, 2.45) is 0 Å². The molecular weight excluding hydrogens is 476 g/mol. The van der Waals surface area contributed by atoms with E-state index in [1.807, 2.05) is 68.7 Å². The molecule has 3 heterocycles. The summed E-state index contributed by atoms with van der Waals surface area (Å²) in [5.41, 5.74) is 4.32. The molecule has 2 aromatic carbocycles. The summed E-state index contributed by atoms with van der Waals surface area (Å²) in [5, 5.41) is 4.65.